The molecule has 19 heavy (non-hydrogen) atoms. The summed E-state index contributed by atoms with van der Waals surface area (Å²) in [5.74, 6) is -0.757. The summed E-state index contributed by atoms with van der Waals surface area (Å²) in [5.41, 5.74) is 0.909. The number of aryl methyl sites for hydroxylation is 1. The summed E-state index contributed by atoms with van der Waals surface area (Å²) in [5, 5.41) is 11.7. The summed E-state index contributed by atoms with van der Waals surface area (Å²) in [7, 11) is 0. The number of aliphatic carboxylic acids is 1. The predicted octanol–water partition coefficient (Wildman–Crippen LogP) is 1.44. The van der Waals surface area contributed by atoms with Crippen molar-refractivity contribution in [2.75, 3.05) is 31.1 Å². The monoisotopic (exact) mass is 281 g/mol. The van der Waals surface area contributed by atoms with E-state index in [9.17, 15) is 4.79 Å². The molecule has 1 aromatic rings. The molecule has 1 saturated carbocycles. The average Bonchev–Trinajstić information content (AvgIpc) is 3.15. The molecule has 0 bridgehead atoms. The Morgan fingerprint density at radius 2 is 2.11 bits per heavy atom. The zero-order valence-corrected chi connectivity index (χ0v) is 11.7. The fourth-order valence-electron chi connectivity index (χ4n) is 2.51. The number of hydrogen-bond donors (Lipinski definition) is 1. The van der Waals surface area contributed by atoms with Gasteiger partial charge in [-0.15, -0.1) is 11.3 Å². The lowest BCUT2D eigenvalue weighted by atomic mass is 10.2. The van der Waals surface area contributed by atoms with Gasteiger partial charge in [0.05, 0.1) is 12.1 Å². The molecule has 1 N–H and O–H groups in total. The average molecular weight is 281 g/mol. The van der Waals surface area contributed by atoms with Crippen molar-refractivity contribution in [1.29, 1.82) is 0 Å². The lowest BCUT2D eigenvalue weighted by Gasteiger charge is -2.34. The van der Waals surface area contributed by atoms with Crippen molar-refractivity contribution < 1.29 is 9.90 Å². The summed E-state index contributed by atoms with van der Waals surface area (Å²) >= 11 is 1.64. The maximum absolute atomic E-state index is 10.5. The lowest BCUT2D eigenvalue weighted by Crippen LogP contribution is -2.47. The van der Waals surface area contributed by atoms with Gasteiger partial charge in [0.15, 0.2) is 5.13 Å². The third-order valence-corrected chi connectivity index (χ3v) is 4.73. The first kappa shape index (κ1) is 12.9. The van der Waals surface area contributed by atoms with Crippen molar-refractivity contribution in [2.24, 2.45) is 0 Å². The smallest absolute Gasteiger partial charge is 0.303 e. The van der Waals surface area contributed by atoms with Crippen LogP contribution in [0.3, 0.4) is 0 Å². The van der Waals surface area contributed by atoms with Crippen LogP contribution < -0.4 is 4.90 Å². The number of carboxylic acid groups (broad SMARTS) is 1. The number of piperazine rings is 1. The zero-order valence-electron chi connectivity index (χ0n) is 10.9. The Labute approximate surface area is 116 Å². The highest BCUT2D eigenvalue weighted by Crippen LogP contribution is 2.29. The summed E-state index contributed by atoms with van der Waals surface area (Å²) < 4.78 is 0. The molecule has 3 rings (SSSR count). The van der Waals surface area contributed by atoms with E-state index in [1.165, 1.54) is 12.8 Å². The Morgan fingerprint density at radius 3 is 2.74 bits per heavy atom. The number of thiazole rings is 1. The molecule has 2 fully saturated rings. The van der Waals surface area contributed by atoms with Crippen LogP contribution in [0.25, 0.3) is 0 Å². The third kappa shape index (κ3) is 3.25. The summed E-state index contributed by atoms with van der Waals surface area (Å²) in [6.07, 6.45) is 3.44. The van der Waals surface area contributed by atoms with Crippen molar-refractivity contribution in [1.82, 2.24) is 9.88 Å². The van der Waals surface area contributed by atoms with E-state index in [2.05, 4.69) is 14.8 Å². The van der Waals surface area contributed by atoms with Crippen LogP contribution in [0.5, 0.6) is 0 Å². The molecule has 104 valence electrons. The SMILES string of the molecule is O=C(O)CCc1csc(N2CCN(C3CC3)CC2)n1. The number of nitrogens with zero attached hydrogens (tertiary/aromatic N) is 3. The Morgan fingerprint density at radius 1 is 1.37 bits per heavy atom. The molecule has 6 heteroatoms. The van der Waals surface area contributed by atoms with Crippen LogP contribution in [0.1, 0.15) is 25.0 Å². The molecule has 0 aromatic carbocycles. The van der Waals surface area contributed by atoms with Crippen LogP contribution in [0, 0.1) is 0 Å². The highest BCUT2D eigenvalue weighted by atomic mass is 32.1. The van der Waals surface area contributed by atoms with Crippen LogP contribution in [0.4, 0.5) is 5.13 Å². The topological polar surface area (TPSA) is 56.7 Å². The van der Waals surface area contributed by atoms with Crippen molar-refractivity contribution in [3.8, 4) is 0 Å². The van der Waals surface area contributed by atoms with Crippen LogP contribution >= 0.6 is 11.3 Å². The van der Waals surface area contributed by atoms with E-state index < -0.39 is 5.97 Å². The summed E-state index contributed by atoms with van der Waals surface area (Å²) in [4.78, 5) is 20.0. The van der Waals surface area contributed by atoms with E-state index in [1.54, 1.807) is 11.3 Å². The van der Waals surface area contributed by atoms with Crippen molar-refractivity contribution >= 4 is 22.4 Å². The molecule has 5 nitrogen and oxygen atoms in total. The zero-order chi connectivity index (χ0) is 13.2. The van der Waals surface area contributed by atoms with E-state index >= 15 is 0 Å². The van der Waals surface area contributed by atoms with Gasteiger partial charge < -0.3 is 10.0 Å². The number of rotatable bonds is 5. The van der Waals surface area contributed by atoms with Gasteiger partial charge in [-0.05, 0) is 12.8 Å². The highest BCUT2D eigenvalue weighted by molar-refractivity contribution is 7.13. The molecule has 2 heterocycles. The van der Waals surface area contributed by atoms with Gasteiger partial charge in [0.2, 0.25) is 0 Å². The van der Waals surface area contributed by atoms with Crippen LogP contribution in [0.2, 0.25) is 0 Å². The molecule has 1 aromatic heterocycles. The van der Waals surface area contributed by atoms with Gasteiger partial charge in [0.1, 0.15) is 0 Å². The summed E-state index contributed by atoms with van der Waals surface area (Å²) in [6.45, 7) is 4.36. The maximum Gasteiger partial charge on any atom is 0.303 e. The molecule has 2 aliphatic rings. The largest absolute Gasteiger partial charge is 0.481 e. The van der Waals surface area contributed by atoms with Crippen LogP contribution in [-0.4, -0.2) is 53.2 Å². The first-order valence-corrected chi connectivity index (χ1v) is 7.75. The normalized spacial score (nSPS) is 20.7. The van der Waals surface area contributed by atoms with Gasteiger partial charge in [-0.25, -0.2) is 4.98 Å². The molecule has 0 unspecified atom stereocenters. The number of aromatic nitrogens is 1. The second-order valence-corrected chi connectivity index (χ2v) is 6.11. The first-order valence-electron chi connectivity index (χ1n) is 6.87. The van der Waals surface area contributed by atoms with E-state index in [1.807, 2.05) is 5.38 Å². The van der Waals surface area contributed by atoms with Crippen LogP contribution in [0.15, 0.2) is 5.38 Å². The van der Waals surface area contributed by atoms with Gasteiger partial charge in [0.25, 0.3) is 0 Å². The predicted molar refractivity (Wildman–Crippen MR) is 74.9 cm³/mol. The van der Waals surface area contributed by atoms with E-state index in [-0.39, 0.29) is 6.42 Å². The number of anilines is 1. The van der Waals surface area contributed by atoms with Gasteiger partial charge in [0, 0.05) is 44.0 Å². The minimum Gasteiger partial charge on any atom is -0.481 e. The van der Waals surface area contributed by atoms with Gasteiger partial charge in [-0.1, -0.05) is 0 Å². The molecule has 1 saturated heterocycles. The number of carboxylic acids is 1. The standard InChI is InChI=1S/C13H19N3O2S/c17-12(18)4-1-10-9-19-13(14-10)16-7-5-15(6-8-16)11-2-3-11/h9,11H,1-8H2,(H,17,18). The van der Waals surface area contributed by atoms with Gasteiger partial charge in [-0.2, -0.15) is 0 Å². The molecule has 0 spiro atoms. The Balaban J connectivity index is 1.53. The molecule has 0 atom stereocenters. The van der Waals surface area contributed by atoms with E-state index in [0.717, 1.165) is 43.0 Å². The van der Waals surface area contributed by atoms with Crippen molar-refractivity contribution in [3.05, 3.63) is 11.1 Å². The quantitative estimate of drug-likeness (QED) is 0.885. The Bertz CT molecular complexity index is 450. The molecule has 0 amide bonds. The first-order chi connectivity index (χ1) is 9.22. The van der Waals surface area contributed by atoms with Crippen molar-refractivity contribution in [3.63, 3.8) is 0 Å². The Kier molecular flexibility index (Phi) is 3.70. The van der Waals surface area contributed by atoms with Crippen molar-refractivity contribution in [2.45, 2.75) is 31.7 Å². The van der Waals surface area contributed by atoms with Gasteiger partial charge >= 0.3 is 5.97 Å². The second kappa shape index (κ2) is 5.46. The summed E-state index contributed by atoms with van der Waals surface area (Å²) in [6, 6.07) is 0.851. The fourth-order valence-corrected chi connectivity index (χ4v) is 3.42. The molecule has 0 radical (unpaired) electrons. The fraction of sp³-hybridized carbons (Fsp3) is 0.692. The minimum atomic E-state index is -0.757. The van der Waals surface area contributed by atoms with E-state index in [4.69, 9.17) is 5.11 Å². The lowest BCUT2D eigenvalue weighted by molar-refractivity contribution is -0.136. The maximum atomic E-state index is 10.5. The second-order valence-electron chi connectivity index (χ2n) is 5.27. The number of carbonyl (C=O) groups is 1. The van der Waals surface area contributed by atoms with Crippen LogP contribution in [-0.2, 0) is 11.2 Å². The molecular formula is C13H19N3O2S. The molecule has 1 aliphatic carbocycles. The van der Waals surface area contributed by atoms with E-state index in [0.29, 0.717) is 6.42 Å². The molecule has 1 aliphatic heterocycles. The third-order valence-electron chi connectivity index (χ3n) is 3.78. The highest BCUT2D eigenvalue weighted by Gasteiger charge is 2.31. The van der Waals surface area contributed by atoms with Gasteiger partial charge in [-0.3, -0.25) is 9.69 Å². The molecular weight excluding hydrogens is 262 g/mol. The minimum absolute atomic E-state index is 0.165. The Hall–Kier alpha value is -1.14. The number of hydrogen-bond acceptors (Lipinski definition) is 5.